The molecule has 1 N–H and O–H groups in total. The molecule has 2 aromatic heterocycles. The van der Waals surface area contributed by atoms with E-state index in [1.165, 1.54) is 5.56 Å². The number of aromatic nitrogens is 4. The molecular formula is C15H16N4S. The largest absolute Gasteiger partial charge is 0.300 e. The van der Waals surface area contributed by atoms with E-state index in [2.05, 4.69) is 53.3 Å². The van der Waals surface area contributed by atoms with Gasteiger partial charge in [0.15, 0.2) is 10.6 Å². The van der Waals surface area contributed by atoms with Crippen LogP contribution in [-0.2, 0) is 6.54 Å². The first-order chi connectivity index (χ1) is 9.61. The Morgan fingerprint density at radius 2 is 2.10 bits per heavy atom. The second-order valence-corrected chi connectivity index (χ2v) is 5.27. The number of aromatic amines is 1. The lowest BCUT2D eigenvalue weighted by Crippen LogP contribution is -1.99. The van der Waals surface area contributed by atoms with Gasteiger partial charge in [0.25, 0.3) is 0 Å². The number of benzene rings is 1. The van der Waals surface area contributed by atoms with Crippen LogP contribution in [0.4, 0.5) is 0 Å². The van der Waals surface area contributed by atoms with Crippen molar-refractivity contribution in [3.05, 3.63) is 40.3 Å². The summed E-state index contributed by atoms with van der Waals surface area (Å²) in [6.45, 7) is 6.94. The number of H-pyrrole nitrogens is 1. The minimum atomic E-state index is 0.651. The molecule has 3 rings (SSSR count). The van der Waals surface area contributed by atoms with Crippen molar-refractivity contribution >= 4 is 23.1 Å². The second-order valence-electron chi connectivity index (χ2n) is 4.88. The van der Waals surface area contributed by atoms with Crippen LogP contribution in [0.1, 0.15) is 18.2 Å². The van der Waals surface area contributed by atoms with Crippen LogP contribution in [0.2, 0.25) is 0 Å². The molecule has 102 valence electrons. The number of fused-ring (bicyclic) bond motifs is 1. The zero-order valence-corrected chi connectivity index (χ0v) is 12.6. The van der Waals surface area contributed by atoms with Crippen LogP contribution in [0.15, 0.2) is 24.3 Å². The summed E-state index contributed by atoms with van der Waals surface area (Å²) < 4.78 is 2.66. The van der Waals surface area contributed by atoms with Gasteiger partial charge in [0.1, 0.15) is 0 Å². The quantitative estimate of drug-likeness (QED) is 0.728. The number of aryl methyl sites for hydroxylation is 2. The first-order valence-electron chi connectivity index (χ1n) is 6.64. The van der Waals surface area contributed by atoms with Gasteiger partial charge >= 0.3 is 0 Å². The number of pyridine rings is 1. The highest BCUT2D eigenvalue weighted by molar-refractivity contribution is 7.71. The lowest BCUT2D eigenvalue weighted by atomic mass is 10.0. The van der Waals surface area contributed by atoms with E-state index in [4.69, 9.17) is 12.2 Å². The normalized spacial score (nSPS) is 11.2. The van der Waals surface area contributed by atoms with Crippen LogP contribution in [-0.4, -0.2) is 19.7 Å². The molecule has 0 fully saturated rings. The number of hydrogen-bond donors (Lipinski definition) is 1. The Hall–Kier alpha value is -2.01. The molecule has 2 heterocycles. The third-order valence-electron chi connectivity index (χ3n) is 3.48. The average molecular weight is 284 g/mol. The van der Waals surface area contributed by atoms with Crippen molar-refractivity contribution in [1.29, 1.82) is 0 Å². The Kier molecular flexibility index (Phi) is 3.14. The molecule has 0 atom stereocenters. The molecule has 0 saturated heterocycles. The molecule has 3 aromatic rings. The van der Waals surface area contributed by atoms with Crippen molar-refractivity contribution in [3.63, 3.8) is 0 Å². The van der Waals surface area contributed by atoms with Crippen LogP contribution in [0, 0.1) is 18.6 Å². The van der Waals surface area contributed by atoms with Gasteiger partial charge in [-0.25, -0.2) is 0 Å². The molecule has 0 aliphatic rings. The van der Waals surface area contributed by atoms with Gasteiger partial charge in [-0.1, -0.05) is 18.2 Å². The summed E-state index contributed by atoms with van der Waals surface area (Å²) in [5, 5.41) is 8.39. The Balaban J connectivity index is 2.42. The summed E-state index contributed by atoms with van der Waals surface area (Å²) >= 11 is 5.28. The van der Waals surface area contributed by atoms with Gasteiger partial charge in [-0.3, -0.25) is 10.1 Å². The molecule has 0 aliphatic carbocycles. The predicted octanol–water partition coefficient (Wildman–Crippen LogP) is 3.79. The van der Waals surface area contributed by atoms with E-state index in [-0.39, 0.29) is 0 Å². The molecule has 0 amide bonds. The molecule has 0 spiro atoms. The Morgan fingerprint density at radius 3 is 2.85 bits per heavy atom. The molecule has 0 unspecified atom stereocenters. The fourth-order valence-corrected chi connectivity index (χ4v) is 2.78. The monoisotopic (exact) mass is 284 g/mol. The van der Waals surface area contributed by atoms with Gasteiger partial charge in [-0.05, 0) is 44.6 Å². The molecule has 0 radical (unpaired) electrons. The number of hydrogen-bond acceptors (Lipinski definition) is 3. The van der Waals surface area contributed by atoms with E-state index in [0.717, 1.165) is 34.5 Å². The zero-order valence-electron chi connectivity index (χ0n) is 11.8. The molecular weight excluding hydrogens is 268 g/mol. The van der Waals surface area contributed by atoms with E-state index >= 15 is 0 Å². The van der Waals surface area contributed by atoms with Gasteiger partial charge in [-0.2, -0.15) is 5.10 Å². The van der Waals surface area contributed by atoms with Gasteiger partial charge in [-0.15, -0.1) is 0 Å². The lowest BCUT2D eigenvalue weighted by molar-refractivity contribution is 0.756. The first-order valence-corrected chi connectivity index (χ1v) is 7.05. The molecule has 4 nitrogen and oxygen atoms in total. The van der Waals surface area contributed by atoms with Crippen LogP contribution in [0.25, 0.3) is 22.3 Å². The molecule has 0 aliphatic heterocycles. The van der Waals surface area contributed by atoms with Crippen molar-refractivity contribution in [2.45, 2.75) is 27.3 Å². The van der Waals surface area contributed by atoms with Crippen molar-refractivity contribution in [2.75, 3.05) is 0 Å². The highest BCUT2D eigenvalue weighted by atomic mass is 32.1. The van der Waals surface area contributed by atoms with E-state index < -0.39 is 0 Å². The Morgan fingerprint density at radius 1 is 1.30 bits per heavy atom. The number of nitrogens with zero attached hydrogens (tertiary/aromatic N) is 3. The highest BCUT2D eigenvalue weighted by Crippen LogP contribution is 2.28. The maximum absolute atomic E-state index is 5.28. The fraction of sp³-hybridized carbons (Fsp3) is 0.267. The number of nitrogens with one attached hydrogen (secondary N) is 1. The van der Waals surface area contributed by atoms with E-state index in [1.54, 1.807) is 0 Å². The van der Waals surface area contributed by atoms with Crippen molar-refractivity contribution in [1.82, 2.24) is 19.7 Å². The Labute approximate surface area is 122 Å². The zero-order chi connectivity index (χ0) is 14.3. The van der Waals surface area contributed by atoms with Crippen molar-refractivity contribution < 1.29 is 0 Å². The summed E-state index contributed by atoms with van der Waals surface area (Å²) in [4.78, 5) is 4.65. The van der Waals surface area contributed by atoms with E-state index in [0.29, 0.717) is 4.77 Å². The maximum atomic E-state index is 5.28. The summed E-state index contributed by atoms with van der Waals surface area (Å²) in [6, 6.07) is 8.28. The third-order valence-corrected chi connectivity index (χ3v) is 3.80. The van der Waals surface area contributed by atoms with E-state index in [1.807, 2.05) is 11.5 Å². The summed E-state index contributed by atoms with van der Waals surface area (Å²) in [5.41, 5.74) is 4.26. The minimum Gasteiger partial charge on any atom is -0.300 e. The summed E-state index contributed by atoms with van der Waals surface area (Å²) in [7, 11) is 0. The minimum absolute atomic E-state index is 0.651. The van der Waals surface area contributed by atoms with Crippen LogP contribution >= 0.6 is 12.2 Å². The summed E-state index contributed by atoms with van der Waals surface area (Å²) in [5.74, 6) is 0.874. The summed E-state index contributed by atoms with van der Waals surface area (Å²) in [6.07, 6.45) is 0. The van der Waals surface area contributed by atoms with Gasteiger partial charge in [0, 0.05) is 23.2 Å². The Bertz CT molecular complexity index is 845. The molecule has 1 aromatic carbocycles. The van der Waals surface area contributed by atoms with Gasteiger partial charge < -0.3 is 4.57 Å². The molecule has 5 heteroatoms. The highest BCUT2D eigenvalue weighted by Gasteiger charge is 2.13. The number of para-hydroxylation sites is 1. The number of rotatable bonds is 2. The molecule has 0 saturated carbocycles. The molecule has 0 bridgehead atoms. The smallest absolute Gasteiger partial charge is 0.195 e. The first kappa shape index (κ1) is 13.0. The third kappa shape index (κ3) is 1.94. The standard InChI is InChI=1S/C15H16N4S/c1-4-19-14(17-18-15(19)20)12-8-10(3)16-13-9(2)6-5-7-11(12)13/h5-8H,4H2,1-3H3,(H,18,20). The second kappa shape index (κ2) is 4.83. The van der Waals surface area contributed by atoms with Gasteiger partial charge in [0.2, 0.25) is 0 Å². The van der Waals surface area contributed by atoms with Gasteiger partial charge in [0.05, 0.1) is 5.52 Å². The topological polar surface area (TPSA) is 46.5 Å². The molecule has 20 heavy (non-hydrogen) atoms. The predicted molar refractivity (Wildman–Crippen MR) is 83.3 cm³/mol. The maximum Gasteiger partial charge on any atom is 0.195 e. The fourth-order valence-electron chi connectivity index (χ4n) is 2.52. The van der Waals surface area contributed by atoms with Crippen LogP contribution in [0.5, 0.6) is 0 Å². The lowest BCUT2D eigenvalue weighted by Gasteiger charge is -2.10. The van der Waals surface area contributed by atoms with Crippen LogP contribution < -0.4 is 0 Å². The average Bonchev–Trinajstić information content (AvgIpc) is 2.80. The van der Waals surface area contributed by atoms with Crippen molar-refractivity contribution in [3.8, 4) is 11.4 Å². The van der Waals surface area contributed by atoms with Crippen LogP contribution in [0.3, 0.4) is 0 Å². The SMILES string of the molecule is CCn1c(-c2cc(C)nc3c(C)cccc23)n[nH]c1=S. The van der Waals surface area contributed by atoms with Crippen molar-refractivity contribution in [2.24, 2.45) is 0 Å². The van der Waals surface area contributed by atoms with E-state index in [9.17, 15) is 0 Å².